The number of aromatic hydroxyl groups is 1. The Morgan fingerprint density at radius 1 is 0.615 bits per heavy atom. The second kappa shape index (κ2) is 7.07. The zero-order valence-corrected chi connectivity index (χ0v) is 14.0. The number of para-hydroxylation sites is 1. The molecule has 0 aliphatic heterocycles. The Labute approximate surface area is 151 Å². The molecule has 4 aromatic carbocycles. The molecule has 0 amide bonds. The van der Waals surface area contributed by atoms with Crippen molar-refractivity contribution >= 4 is 33.5 Å². The molecule has 4 nitrogen and oxygen atoms in total. The van der Waals surface area contributed by atoms with Gasteiger partial charge in [-0.3, -0.25) is 0 Å². The van der Waals surface area contributed by atoms with E-state index in [9.17, 15) is 5.11 Å². The second-order valence-corrected chi connectivity index (χ2v) is 5.86. The number of hydrogen-bond donors (Lipinski definition) is 2. The number of rotatable bonds is 4. The average molecular weight is 339 g/mol. The monoisotopic (exact) mass is 339 g/mol. The lowest BCUT2D eigenvalue weighted by Gasteiger charge is -2.11. The predicted molar refractivity (Wildman–Crippen MR) is 106 cm³/mol. The number of hydrogen-bond acceptors (Lipinski definition) is 4. The van der Waals surface area contributed by atoms with Crippen molar-refractivity contribution in [2.75, 3.05) is 5.32 Å². The summed E-state index contributed by atoms with van der Waals surface area (Å²) in [5, 5.41) is 24.1. The summed E-state index contributed by atoms with van der Waals surface area (Å²) in [4.78, 5) is 0. The second-order valence-electron chi connectivity index (χ2n) is 5.86. The fourth-order valence-corrected chi connectivity index (χ4v) is 2.80. The largest absolute Gasteiger partial charge is 0.505 e. The molecule has 0 spiro atoms. The van der Waals surface area contributed by atoms with Gasteiger partial charge in [-0.25, -0.2) is 0 Å². The van der Waals surface area contributed by atoms with Gasteiger partial charge in [0.15, 0.2) is 5.75 Å². The lowest BCUT2D eigenvalue weighted by molar-refractivity contribution is 0.482. The Kier molecular flexibility index (Phi) is 4.31. The fourth-order valence-electron chi connectivity index (χ4n) is 2.80. The van der Waals surface area contributed by atoms with E-state index in [1.807, 2.05) is 84.9 Å². The number of anilines is 2. The summed E-state index contributed by atoms with van der Waals surface area (Å²) >= 11 is 0. The first kappa shape index (κ1) is 15.8. The number of nitrogens with one attached hydrogen (secondary N) is 1. The number of fused-ring (bicyclic) bond motifs is 1. The van der Waals surface area contributed by atoms with Crippen molar-refractivity contribution in [3.05, 3.63) is 91.0 Å². The maximum Gasteiger partial charge on any atom is 0.150 e. The van der Waals surface area contributed by atoms with Gasteiger partial charge in [0.05, 0.1) is 5.69 Å². The predicted octanol–water partition coefficient (Wildman–Crippen LogP) is 6.70. The molecule has 4 aromatic rings. The van der Waals surface area contributed by atoms with Gasteiger partial charge in [0.2, 0.25) is 0 Å². The van der Waals surface area contributed by atoms with Crippen LogP contribution in [0.15, 0.2) is 101 Å². The summed E-state index contributed by atoms with van der Waals surface area (Å²) in [6, 6.07) is 28.9. The summed E-state index contributed by atoms with van der Waals surface area (Å²) < 4.78 is 0. The molecule has 0 atom stereocenters. The van der Waals surface area contributed by atoms with Crippen molar-refractivity contribution in [2.24, 2.45) is 10.2 Å². The molecular weight excluding hydrogens is 322 g/mol. The smallest absolute Gasteiger partial charge is 0.150 e. The van der Waals surface area contributed by atoms with Gasteiger partial charge < -0.3 is 10.4 Å². The molecule has 0 saturated heterocycles. The summed E-state index contributed by atoms with van der Waals surface area (Å²) in [5.74, 6) is 0.124. The van der Waals surface area contributed by atoms with E-state index in [0.29, 0.717) is 5.69 Å². The number of phenolic OH excluding ortho intramolecular Hbond substituents is 1. The highest BCUT2D eigenvalue weighted by atomic mass is 16.3. The van der Waals surface area contributed by atoms with E-state index >= 15 is 0 Å². The van der Waals surface area contributed by atoms with E-state index < -0.39 is 0 Å². The van der Waals surface area contributed by atoms with Crippen LogP contribution >= 0.6 is 0 Å². The normalized spacial score (nSPS) is 11.1. The summed E-state index contributed by atoms with van der Waals surface area (Å²) in [6.45, 7) is 0. The minimum absolute atomic E-state index is 0.124. The molecule has 0 aromatic heterocycles. The Morgan fingerprint density at radius 2 is 1.35 bits per heavy atom. The van der Waals surface area contributed by atoms with E-state index in [1.165, 1.54) is 0 Å². The Hall–Kier alpha value is -3.66. The number of phenols is 1. The zero-order valence-electron chi connectivity index (χ0n) is 14.0. The molecule has 0 aliphatic rings. The van der Waals surface area contributed by atoms with Gasteiger partial charge in [-0.2, -0.15) is 5.11 Å². The van der Waals surface area contributed by atoms with Crippen LogP contribution in [-0.2, 0) is 0 Å². The SMILES string of the molecule is Oc1c(N=Nc2ccccc2)ccc2c(Nc3ccccc3)cccc12. The number of benzene rings is 4. The number of nitrogens with zero attached hydrogens (tertiary/aromatic N) is 2. The lowest BCUT2D eigenvalue weighted by Crippen LogP contribution is -1.91. The van der Waals surface area contributed by atoms with Gasteiger partial charge in [-0.15, -0.1) is 5.11 Å². The maximum atomic E-state index is 10.6. The molecular formula is C22H17N3O. The summed E-state index contributed by atoms with van der Waals surface area (Å²) in [6.07, 6.45) is 0. The first-order chi connectivity index (χ1) is 12.8. The Morgan fingerprint density at radius 3 is 2.12 bits per heavy atom. The molecule has 0 saturated carbocycles. The highest BCUT2D eigenvalue weighted by Crippen LogP contribution is 2.38. The highest BCUT2D eigenvalue weighted by molar-refractivity contribution is 6.01. The highest BCUT2D eigenvalue weighted by Gasteiger charge is 2.09. The van der Waals surface area contributed by atoms with Crippen molar-refractivity contribution in [3.8, 4) is 5.75 Å². The van der Waals surface area contributed by atoms with E-state index in [2.05, 4.69) is 15.5 Å². The van der Waals surface area contributed by atoms with Crippen LogP contribution in [0.4, 0.5) is 22.7 Å². The molecule has 0 heterocycles. The fraction of sp³-hybridized carbons (Fsp3) is 0. The van der Waals surface area contributed by atoms with Gasteiger partial charge in [0, 0.05) is 22.1 Å². The topological polar surface area (TPSA) is 57.0 Å². The standard InChI is InChI=1S/C22H17N3O/c26-22-19-12-7-13-20(23-16-8-3-1-4-9-16)18(19)14-15-21(22)25-24-17-10-5-2-6-11-17/h1-15,23,26H. The lowest BCUT2D eigenvalue weighted by atomic mass is 10.1. The molecule has 0 fully saturated rings. The molecule has 26 heavy (non-hydrogen) atoms. The van der Waals surface area contributed by atoms with Gasteiger partial charge in [-0.05, 0) is 42.5 Å². The molecule has 126 valence electrons. The van der Waals surface area contributed by atoms with E-state index in [4.69, 9.17) is 0 Å². The third kappa shape index (κ3) is 3.26. The Balaban J connectivity index is 1.71. The first-order valence-electron chi connectivity index (χ1n) is 8.35. The third-order valence-corrected chi connectivity index (χ3v) is 4.09. The van der Waals surface area contributed by atoms with Gasteiger partial charge in [-0.1, -0.05) is 48.5 Å². The summed E-state index contributed by atoms with van der Waals surface area (Å²) in [5.41, 5.74) is 3.10. The summed E-state index contributed by atoms with van der Waals surface area (Å²) in [7, 11) is 0. The average Bonchev–Trinajstić information content (AvgIpc) is 2.70. The maximum absolute atomic E-state index is 10.6. The Bertz CT molecular complexity index is 1060. The van der Waals surface area contributed by atoms with Crippen molar-refractivity contribution in [3.63, 3.8) is 0 Å². The van der Waals surface area contributed by atoms with Crippen molar-refractivity contribution in [2.45, 2.75) is 0 Å². The van der Waals surface area contributed by atoms with Crippen LogP contribution in [0.5, 0.6) is 5.75 Å². The van der Waals surface area contributed by atoms with Crippen molar-refractivity contribution < 1.29 is 5.11 Å². The molecule has 4 rings (SSSR count). The molecule has 0 unspecified atom stereocenters. The number of azo groups is 1. The van der Waals surface area contributed by atoms with Crippen LogP contribution in [0.1, 0.15) is 0 Å². The van der Waals surface area contributed by atoms with Crippen LogP contribution in [0, 0.1) is 0 Å². The minimum Gasteiger partial charge on any atom is -0.505 e. The van der Waals surface area contributed by atoms with Gasteiger partial charge in [0.1, 0.15) is 5.69 Å². The van der Waals surface area contributed by atoms with E-state index in [-0.39, 0.29) is 5.75 Å². The molecule has 2 N–H and O–H groups in total. The van der Waals surface area contributed by atoms with Crippen LogP contribution in [-0.4, -0.2) is 5.11 Å². The quantitative estimate of drug-likeness (QED) is 0.406. The molecule has 0 aliphatic carbocycles. The van der Waals surface area contributed by atoms with Crippen LogP contribution in [0.3, 0.4) is 0 Å². The van der Waals surface area contributed by atoms with Gasteiger partial charge >= 0.3 is 0 Å². The first-order valence-corrected chi connectivity index (χ1v) is 8.35. The van der Waals surface area contributed by atoms with Crippen LogP contribution < -0.4 is 5.32 Å². The molecule has 0 radical (unpaired) electrons. The van der Waals surface area contributed by atoms with Gasteiger partial charge in [0.25, 0.3) is 0 Å². The van der Waals surface area contributed by atoms with E-state index in [0.717, 1.165) is 27.8 Å². The minimum atomic E-state index is 0.124. The van der Waals surface area contributed by atoms with Crippen LogP contribution in [0.25, 0.3) is 10.8 Å². The molecule has 0 bridgehead atoms. The third-order valence-electron chi connectivity index (χ3n) is 4.09. The van der Waals surface area contributed by atoms with E-state index in [1.54, 1.807) is 6.07 Å². The zero-order chi connectivity index (χ0) is 17.8. The molecule has 4 heteroatoms. The van der Waals surface area contributed by atoms with Crippen molar-refractivity contribution in [1.29, 1.82) is 0 Å². The van der Waals surface area contributed by atoms with Crippen molar-refractivity contribution in [1.82, 2.24) is 0 Å². The van der Waals surface area contributed by atoms with Crippen LogP contribution in [0.2, 0.25) is 0 Å².